The standard InChI is InChI=1S/C13H15FN2O2/c1-7-16-11-8(6-18-7)4-5-9(14)10(11)15-12(16)13(2,3)17/h4-5,7,17H,6H2,1-3H3/t7-/m0/s1. The topological polar surface area (TPSA) is 47.3 Å². The highest BCUT2D eigenvalue weighted by Gasteiger charge is 2.31. The van der Waals surface area contributed by atoms with E-state index in [0.29, 0.717) is 17.9 Å². The molecule has 3 rings (SSSR count). The van der Waals surface area contributed by atoms with Crippen molar-refractivity contribution in [2.24, 2.45) is 0 Å². The summed E-state index contributed by atoms with van der Waals surface area (Å²) in [5.41, 5.74) is 0.788. The Kier molecular flexibility index (Phi) is 2.27. The van der Waals surface area contributed by atoms with Gasteiger partial charge in [-0.2, -0.15) is 0 Å². The molecule has 0 aliphatic carbocycles. The Morgan fingerprint density at radius 2 is 2.22 bits per heavy atom. The van der Waals surface area contributed by atoms with Gasteiger partial charge in [-0.3, -0.25) is 4.57 Å². The van der Waals surface area contributed by atoms with Gasteiger partial charge in [0.05, 0.1) is 12.1 Å². The van der Waals surface area contributed by atoms with Crippen LogP contribution in [0.3, 0.4) is 0 Å². The predicted octanol–water partition coefficient (Wildman–Crippen LogP) is 2.45. The Morgan fingerprint density at radius 3 is 2.89 bits per heavy atom. The molecule has 1 aromatic carbocycles. The summed E-state index contributed by atoms with van der Waals surface area (Å²) in [6.45, 7) is 5.58. The van der Waals surface area contributed by atoms with Gasteiger partial charge >= 0.3 is 0 Å². The molecule has 2 aromatic rings. The second-order valence-electron chi connectivity index (χ2n) is 5.18. The smallest absolute Gasteiger partial charge is 0.151 e. The number of hydrogen-bond donors (Lipinski definition) is 1. The predicted molar refractivity (Wildman–Crippen MR) is 64.4 cm³/mol. The van der Waals surface area contributed by atoms with E-state index >= 15 is 0 Å². The highest BCUT2D eigenvalue weighted by molar-refractivity contribution is 5.81. The first-order valence-electron chi connectivity index (χ1n) is 5.93. The van der Waals surface area contributed by atoms with E-state index in [1.165, 1.54) is 6.07 Å². The van der Waals surface area contributed by atoms with Crippen LogP contribution < -0.4 is 0 Å². The average Bonchev–Trinajstić information content (AvgIpc) is 2.69. The van der Waals surface area contributed by atoms with Crippen LogP contribution in [-0.4, -0.2) is 14.7 Å². The van der Waals surface area contributed by atoms with Crippen LogP contribution in [0.25, 0.3) is 11.0 Å². The van der Waals surface area contributed by atoms with Crippen LogP contribution in [0.15, 0.2) is 12.1 Å². The largest absolute Gasteiger partial charge is 0.383 e. The van der Waals surface area contributed by atoms with E-state index in [9.17, 15) is 9.50 Å². The summed E-state index contributed by atoms with van der Waals surface area (Å²) in [5, 5.41) is 10.2. The van der Waals surface area contributed by atoms with Crippen molar-refractivity contribution in [3.63, 3.8) is 0 Å². The Balaban J connectivity index is 2.45. The fourth-order valence-electron chi connectivity index (χ4n) is 2.42. The number of rotatable bonds is 1. The molecule has 0 saturated carbocycles. The zero-order valence-corrected chi connectivity index (χ0v) is 10.6. The summed E-state index contributed by atoms with van der Waals surface area (Å²) in [4.78, 5) is 4.26. The number of hydrogen-bond acceptors (Lipinski definition) is 3. The van der Waals surface area contributed by atoms with Gasteiger partial charge in [-0.25, -0.2) is 9.37 Å². The molecule has 1 aliphatic rings. The minimum atomic E-state index is -1.14. The summed E-state index contributed by atoms with van der Waals surface area (Å²) in [7, 11) is 0. The van der Waals surface area contributed by atoms with Crippen LogP contribution in [0.4, 0.5) is 4.39 Å². The first kappa shape index (κ1) is 11.6. The van der Waals surface area contributed by atoms with Crippen LogP contribution in [0.5, 0.6) is 0 Å². The Morgan fingerprint density at radius 1 is 1.50 bits per heavy atom. The van der Waals surface area contributed by atoms with Crippen molar-refractivity contribution in [3.8, 4) is 0 Å². The van der Waals surface area contributed by atoms with Crippen molar-refractivity contribution in [2.45, 2.75) is 39.2 Å². The van der Waals surface area contributed by atoms with Gasteiger partial charge < -0.3 is 9.84 Å². The Labute approximate surface area is 104 Å². The van der Waals surface area contributed by atoms with E-state index in [4.69, 9.17) is 4.74 Å². The van der Waals surface area contributed by atoms with E-state index < -0.39 is 5.60 Å². The van der Waals surface area contributed by atoms with E-state index in [2.05, 4.69) is 4.98 Å². The van der Waals surface area contributed by atoms with E-state index in [0.717, 1.165) is 11.1 Å². The molecule has 4 nitrogen and oxygen atoms in total. The molecule has 1 N–H and O–H groups in total. The summed E-state index contributed by atoms with van der Waals surface area (Å²) < 4.78 is 21.2. The van der Waals surface area contributed by atoms with Crippen LogP contribution in [-0.2, 0) is 16.9 Å². The van der Waals surface area contributed by atoms with E-state index in [1.54, 1.807) is 24.5 Å². The molecule has 0 unspecified atom stereocenters. The highest BCUT2D eigenvalue weighted by Crippen LogP contribution is 2.35. The number of benzene rings is 1. The SMILES string of the molecule is C[C@@H]1OCc2ccc(F)c3nc(C(C)(C)O)n1c23. The molecule has 1 aromatic heterocycles. The van der Waals surface area contributed by atoms with Gasteiger partial charge in [0.1, 0.15) is 23.2 Å². The molecular weight excluding hydrogens is 235 g/mol. The Hall–Kier alpha value is -1.46. The second-order valence-corrected chi connectivity index (χ2v) is 5.18. The molecule has 1 atom stereocenters. The lowest BCUT2D eigenvalue weighted by Crippen LogP contribution is -2.26. The number of nitrogens with zero attached hydrogens (tertiary/aromatic N) is 2. The van der Waals surface area contributed by atoms with Crippen molar-refractivity contribution in [3.05, 3.63) is 29.3 Å². The molecule has 0 amide bonds. The number of imidazole rings is 1. The third-order valence-electron chi connectivity index (χ3n) is 3.26. The van der Waals surface area contributed by atoms with Crippen molar-refractivity contribution in [2.75, 3.05) is 0 Å². The number of aromatic nitrogens is 2. The molecule has 0 fully saturated rings. The van der Waals surface area contributed by atoms with Crippen LogP contribution >= 0.6 is 0 Å². The normalized spacial score (nSPS) is 19.5. The minimum absolute atomic E-state index is 0.259. The van der Waals surface area contributed by atoms with Crippen molar-refractivity contribution in [1.29, 1.82) is 0 Å². The molecular formula is C13H15FN2O2. The maximum absolute atomic E-state index is 13.8. The molecule has 1 aliphatic heterocycles. The van der Waals surface area contributed by atoms with Gasteiger partial charge in [-0.05, 0) is 26.8 Å². The molecule has 0 spiro atoms. The third-order valence-corrected chi connectivity index (χ3v) is 3.26. The van der Waals surface area contributed by atoms with Gasteiger partial charge in [0.25, 0.3) is 0 Å². The Bertz CT molecular complexity index is 628. The molecule has 2 heterocycles. The number of aliphatic hydroxyl groups is 1. The molecule has 96 valence electrons. The fourth-order valence-corrected chi connectivity index (χ4v) is 2.42. The van der Waals surface area contributed by atoms with Gasteiger partial charge in [-0.1, -0.05) is 6.07 Å². The van der Waals surface area contributed by atoms with Crippen LogP contribution in [0.1, 0.15) is 38.4 Å². The lowest BCUT2D eigenvalue weighted by Gasteiger charge is -2.27. The van der Waals surface area contributed by atoms with Gasteiger partial charge in [0.2, 0.25) is 0 Å². The van der Waals surface area contributed by atoms with Gasteiger partial charge in [0, 0.05) is 5.56 Å². The van der Waals surface area contributed by atoms with E-state index in [1.807, 2.05) is 6.92 Å². The lowest BCUT2D eigenvalue weighted by atomic mass is 10.1. The van der Waals surface area contributed by atoms with Crippen LogP contribution in [0.2, 0.25) is 0 Å². The third kappa shape index (κ3) is 1.47. The van der Waals surface area contributed by atoms with E-state index in [-0.39, 0.29) is 12.0 Å². The molecule has 0 saturated heterocycles. The van der Waals surface area contributed by atoms with Crippen molar-refractivity contribution >= 4 is 11.0 Å². The van der Waals surface area contributed by atoms with Crippen molar-refractivity contribution < 1.29 is 14.2 Å². The number of halogens is 1. The quantitative estimate of drug-likeness (QED) is 0.845. The summed E-state index contributed by atoms with van der Waals surface area (Å²) in [6.07, 6.45) is -0.259. The summed E-state index contributed by atoms with van der Waals surface area (Å²) in [6, 6.07) is 3.10. The molecule has 5 heteroatoms. The summed E-state index contributed by atoms with van der Waals surface area (Å²) in [5.74, 6) is 0.0585. The zero-order chi connectivity index (χ0) is 13.1. The number of ether oxygens (including phenoxy) is 1. The summed E-state index contributed by atoms with van der Waals surface area (Å²) >= 11 is 0. The maximum atomic E-state index is 13.8. The second kappa shape index (κ2) is 3.52. The molecule has 0 bridgehead atoms. The van der Waals surface area contributed by atoms with Gasteiger partial charge in [-0.15, -0.1) is 0 Å². The minimum Gasteiger partial charge on any atom is -0.383 e. The lowest BCUT2D eigenvalue weighted by molar-refractivity contribution is -0.0165. The van der Waals surface area contributed by atoms with Gasteiger partial charge in [0.15, 0.2) is 5.82 Å². The fraction of sp³-hybridized carbons (Fsp3) is 0.462. The van der Waals surface area contributed by atoms with Crippen LogP contribution in [0, 0.1) is 5.82 Å². The average molecular weight is 250 g/mol. The first-order valence-corrected chi connectivity index (χ1v) is 5.93. The maximum Gasteiger partial charge on any atom is 0.151 e. The first-order chi connectivity index (χ1) is 8.39. The molecule has 0 radical (unpaired) electrons. The monoisotopic (exact) mass is 250 g/mol. The highest BCUT2D eigenvalue weighted by atomic mass is 19.1. The zero-order valence-electron chi connectivity index (χ0n) is 10.6. The van der Waals surface area contributed by atoms with Crippen molar-refractivity contribution in [1.82, 2.24) is 9.55 Å². The molecule has 18 heavy (non-hydrogen) atoms.